The molecule has 0 fully saturated rings. The summed E-state index contributed by atoms with van der Waals surface area (Å²) in [6.45, 7) is 14.2. The third kappa shape index (κ3) is 7.37. The average molecular weight is 500 g/mol. The van der Waals surface area contributed by atoms with Crippen LogP contribution in [0.2, 0.25) is 0 Å². The fraction of sp³-hybridized carbons (Fsp3) is 0.385. The third-order valence-electron chi connectivity index (χ3n) is 5.07. The highest BCUT2D eigenvalue weighted by molar-refractivity contribution is 8.25. The highest BCUT2D eigenvalue weighted by atomic mass is 32.1. The van der Waals surface area contributed by atoms with Crippen molar-refractivity contribution in [2.24, 2.45) is 0 Å². The summed E-state index contributed by atoms with van der Waals surface area (Å²) in [4.78, 5) is 9.47. The standard InChI is InChI=1S/C26H36N2P4/c1-25(2,3)31(23-15-9-11-17-27-23)29-19-21-13-7-8-14-22(21)20-30-32(26(4,5)6)24-16-10-12-18-28-24/h7-18,29-30H,19-20H2,1-6H3. The molecule has 0 spiro atoms. The second-order valence-corrected chi connectivity index (χ2v) is 20.7. The van der Waals surface area contributed by atoms with Crippen molar-refractivity contribution >= 4 is 42.6 Å². The van der Waals surface area contributed by atoms with E-state index in [1.54, 1.807) is 0 Å². The van der Waals surface area contributed by atoms with Gasteiger partial charge in [-0.3, -0.25) is 9.97 Å². The number of pyridine rings is 2. The summed E-state index contributed by atoms with van der Waals surface area (Å²) in [5.41, 5.74) is 5.63. The zero-order valence-corrected chi connectivity index (χ0v) is 23.9. The molecule has 1 aromatic carbocycles. The van der Waals surface area contributed by atoms with Gasteiger partial charge in [0.25, 0.3) is 0 Å². The van der Waals surface area contributed by atoms with Gasteiger partial charge < -0.3 is 0 Å². The molecule has 2 heterocycles. The van der Waals surface area contributed by atoms with E-state index in [1.807, 2.05) is 24.5 Å². The van der Waals surface area contributed by atoms with Crippen molar-refractivity contribution in [1.82, 2.24) is 9.97 Å². The molecule has 0 radical (unpaired) electrons. The Morgan fingerprint density at radius 2 is 0.969 bits per heavy atom. The predicted octanol–water partition coefficient (Wildman–Crippen LogP) is 7.88. The second-order valence-electron chi connectivity index (χ2n) is 9.83. The third-order valence-corrected chi connectivity index (χ3v) is 19.2. The fourth-order valence-corrected chi connectivity index (χ4v) is 14.9. The maximum absolute atomic E-state index is 4.73. The van der Waals surface area contributed by atoms with E-state index in [-0.39, 0.29) is 25.5 Å². The Bertz CT molecular complexity index is 886. The van der Waals surface area contributed by atoms with Crippen molar-refractivity contribution in [3.8, 4) is 0 Å². The number of hydrogen-bond donors (Lipinski definition) is 0. The fourth-order valence-electron chi connectivity index (χ4n) is 3.53. The van der Waals surface area contributed by atoms with Crippen LogP contribution in [0.4, 0.5) is 0 Å². The molecule has 32 heavy (non-hydrogen) atoms. The quantitative estimate of drug-likeness (QED) is 0.294. The molecular weight excluding hydrogens is 464 g/mol. The van der Waals surface area contributed by atoms with Crippen molar-refractivity contribution in [2.75, 3.05) is 0 Å². The number of hydrogen-bond acceptors (Lipinski definition) is 2. The van der Waals surface area contributed by atoms with E-state index in [0.717, 1.165) is 28.9 Å². The topological polar surface area (TPSA) is 25.8 Å². The second kappa shape index (κ2) is 11.6. The van der Waals surface area contributed by atoms with Crippen molar-refractivity contribution in [3.63, 3.8) is 0 Å². The SMILES string of the molecule is CC(C)(C)P(PCc1ccccc1CPP(c1ccccn1)C(C)(C)C)c1ccccn1. The Morgan fingerprint density at radius 1 is 0.594 bits per heavy atom. The van der Waals surface area contributed by atoms with Gasteiger partial charge in [-0.05, 0) is 73.2 Å². The Kier molecular flexibility index (Phi) is 9.36. The van der Waals surface area contributed by atoms with Crippen LogP contribution in [-0.4, -0.2) is 20.3 Å². The molecule has 0 bridgehead atoms. The highest BCUT2D eigenvalue weighted by Crippen LogP contribution is 2.65. The van der Waals surface area contributed by atoms with E-state index in [9.17, 15) is 0 Å². The number of nitrogens with zero attached hydrogens (tertiary/aromatic N) is 2. The van der Waals surface area contributed by atoms with Gasteiger partial charge in [0.1, 0.15) is 0 Å². The molecule has 0 aliphatic heterocycles. The van der Waals surface area contributed by atoms with Crippen LogP contribution in [0.1, 0.15) is 52.7 Å². The molecule has 6 heteroatoms. The molecule has 3 rings (SSSR count). The van der Waals surface area contributed by atoms with Gasteiger partial charge in [0.05, 0.1) is 10.9 Å². The zero-order chi connectivity index (χ0) is 23.2. The van der Waals surface area contributed by atoms with Crippen molar-refractivity contribution in [3.05, 3.63) is 84.2 Å². The molecule has 0 aliphatic rings. The number of benzene rings is 1. The summed E-state index contributed by atoms with van der Waals surface area (Å²) in [6, 6.07) is 21.9. The smallest absolute Gasteiger partial charge is 0.0677 e. The minimum Gasteiger partial charge on any atom is -0.256 e. The van der Waals surface area contributed by atoms with E-state index in [4.69, 9.17) is 9.97 Å². The van der Waals surface area contributed by atoms with E-state index >= 15 is 0 Å². The zero-order valence-electron chi connectivity index (χ0n) is 20.1. The maximum atomic E-state index is 4.73. The number of aromatic nitrogens is 2. The van der Waals surface area contributed by atoms with Gasteiger partial charge in [0, 0.05) is 12.4 Å². The lowest BCUT2D eigenvalue weighted by atomic mass is 10.1. The molecule has 170 valence electrons. The van der Waals surface area contributed by atoms with Crippen LogP contribution in [0, 0.1) is 0 Å². The first-order valence-electron chi connectivity index (χ1n) is 11.1. The van der Waals surface area contributed by atoms with Gasteiger partial charge in [0.15, 0.2) is 0 Å². The van der Waals surface area contributed by atoms with Crippen molar-refractivity contribution in [1.29, 1.82) is 0 Å². The van der Waals surface area contributed by atoms with Gasteiger partial charge in [-0.15, -0.1) is 0 Å². The first-order valence-corrected chi connectivity index (χ1v) is 17.9. The molecular formula is C26H36N2P4. The minimum absolute atomic E-state index is 0.262. The molecule has 0 N–H and O–H groups in total. The Balaban J connectivity index is 1.75. The summed E-state index contributed by atoms with van der Waals surface area (Å²) in [5, 5.41) is 0.525. The van der Waals surface area contributed by atoms with E-state index in [1.165, 1.54) is 22.0 Å². The summed E-state index contributed by atoms with van der Waals surface area (Å²) in [7, 11) is 1.18. The molecule has 3 aromatic rings. The van der Waals surface area contributed by atoms with Gasteiger partial charge in [0.2, 0.25) is 0 Å². The summed E-state index contributed by atoms with van der Waals surface area (Å²) < 4.78 is 0. The first-order chi connectivity index (χ1) is 15.2. The van der Waals surface area contributed by atoms with Crippen LogP contribution in [0.5, 0.6) is 0 Å². The Labute approximate surface area is 200 Å². The van der Waals surface area contributed by atoms with Crippen molar-refractivity contribution < 1.29 is 0 Å². The van der Waals surface area contributed by atoms with Crippen LogP contribution in [-0.2, 0) is 12.3 Å². The van der Waals surface area contributed by atoms with Gasteiger partial charge in [-0.2, -0.15) is 0 Å². The molecule has 0 amide bonds. The van der Waals surface area contributed by atoms with E-state index in [0.29, 0.717) is 0 Å². The first kappa shape index (κ1) is 25.9. The van der Waals surface area contributed by atoms with Crippen LogP contribution >= 0.6 is 31.8 Å². The molecule has 2 nitrogen and oxygen atoms in total. The maximum Gasteiger partial charge on any atom is 0.0677 e. The molecule has 2 aromatic heterocycles. The summed E-state index contributed by atoms with van der Waals surface area (Å²) in [6.07, 6.45) is 6.19. The van der Waals surface area contributed by atoms with Crippen LogP contribution < -0.4 is 10.9 Å². The lowest BCUT2D eigenvalue weighted by Crippen LogP contribution is -2.19. The van der Waals surface area contributed by atoms with E-state index < -0.39 is 0 Å². The largest absolute Gasteiger partial charge is 0.256 e. The predicted molar refractivity (Wildman–Crippen MR) is 152 cm³/mol. The molecule has 4 unspecified atom stereocenters. The summed E-state index contributed by atoms with van der Waals surface area (Å²) >= 11 is 0. The van der Waals surface area contributed by atoms with Crippen molar-refractivity contribution in [2.45, 2.75) is 64.2 Å². The lowest BCUT2D eigenvalue weighted by Gasteiger charge is -2.32. The normalized spacial score (nSPS) is 14.9. The van der Waals surface area contributed by atoms with Crippen LogP contribution in [0.15, 0.2) is 73.1 Å². The molecule has 0 saturated carbocycles. The van der Waals surface area contributed by atoms with Gasteiger partial charge in [-0.25, -0.2) is 0 Å². The van der Waals surface area contributed by atoms with E-state index in [2.05, 4.69) is 90.1 Å². The number of rotatable bonds is 8. The van der Waals surface area contributed by atoms with Crippen LogP contribution in [0.3, 0.4) is 0 Å². The van der Waals surface area contributed by atoms with Gasteiger partial charge >= 0.3 is 0 Å². The highest BCUT2D eigenvalue weighted by Gasteiger charge is 2.28. The van der Waals surface area contributed by atoms with Gasteiger partial charge in [-0.1, -0.05) is 94.5 Å². The Hall–Kier alpha value is -0.760. The monoisotopic (exact) mass is 500 g/mol. The molecule has 0 aliphatic carbocycles. The minimum atomic E-state index is -0.296. The lowest BCUT2D eigenvalue weighted by molar-refractivity contribution is 0.795. The Morgan fingerprint density at radius 3 is 1.28 bits per heavy atom. The average Bonchev–Trinajstić information content (AvgIpc) is 2.74. The molecule has 0 saturated heterocycles. The van der Waals surface area contributed by atoms with Crippen LogP contribution in [0.25, 0.3) is 0 Å². The summed E-state index contributed by atoms with van der Waals surface area (Å²) in [5.74, 6) is 0. The molecule has 4 atom stereocenters.